The summed E-state index contributed by atoms with van der Waals surface area (Å²) >= 11 is 0. The van der Waals surface area contributed by atoms with Crippen LogP contribution in [-0.2, 0) is 4.74 Å². The highest BCUT2D eigenvalue weighted by Crippen LogP contribution is 2.37. The van der Waals surface area contributed by atoms with Gasteiger partial charge < -0.3 is 10.1 Å². The molecule has 2 nitrogen and oxygen atoms in total. The van der Waals surface area contributed by atoms with Crippen LogP contribution in [0.1, 0.15) is 39.0 Å². The van der Waals surface area contributed by atoms with Gasteiger partial charge in [0.1, 0.15) is 0 Å². The van der Waals surface area contributed by atoms with Gasteiger partial charge in [0.05, 0.1) is 6.61 Å². The van der Waals surface area contributed by atoms with Crippen molar-refractivity contribution >= 4 is 0 Å². The Morgan fingerprint density at radius 1 is 1.14 bits per heavy atom. The zero-order valence-corrected chi connectivity index (χ0v) is 9.46. The first-order valence-corrected chi connectivity index (χ1v) is 6.10. The smallest absolute Gasteiger partial charge is 0.0618 e. The van der Waals surface area contributed by atoms with Crippen molar-refractivity contribution in [2.24, 2.45) is 11.8 Å². The molecule has 14 heavy (non-hydrogen) atoms. The van der Waals surface area contributed by atoms with Crippen LogP contribution in [0.5, 0.6) is 0 Å². The molecule has 0 aliphatic heterocycles. The van der Waals surface area contributed by atoms with Gasteiger partial charge in [-0.1, -0.05) is 6.92 Å². The minimum Gasteiger partial charge on any atom is -0.383 e. The lowest BCUT2D eigenvalue weighted by atomic mass is 10.1. The number of ether oxygens (including phenoxy) is 1. The second-order valence-electron chi connectivity index (χ2n) is 4.92. The van der Waals surface area contributed by atoms with Crippen LogP contribution in [0, 0.1) is 11.8 Å². The molecule has 2 rings (SSSR count). The number of hydrogen-bond donors (Lipinski definition) is 1. The van der Waals surface area contributed by atoms with Gasteiger partial charge in [-0.05, 0) is 43.9 Å². The molecule has 0 aromatic rings. The summed E-state index contributed by atoms with van der Waals surface area (Å²) in [5, 5.41) is 3.80. The van der Waals surface area contributed by atoms with E-state index in [0.717, 1.165) is 24.5 Å². The van der Waals surface area contributed by atoms with Crippen LogP contribution in [0.2, 0.25) is 0 Å². The Balaban J connectivity index is 1.78. The van der Waals surface area contributed by atoms with E-state index in [1.807, 2.05) is 7.11 Å². The maximum absolute atomic E-state index is 5.29. The van der Waals surface area contributed by atoms with Crippen LogP contribution in [0.25, 0.3) is 0 Å². The third-order valence-corrected chi connectivity index (χ3v) is 3.60. The molecule has 0 saturated heterocycles. The Labute approximate surface area is 87.4 Å². The van der Waals surface area contributed by atoms with Crippen LogP contribution < -0.4 is 5.32 Å². The zero-order chi connectivity index (χ0) is 9.97. The molecular formula is C12H23NO. The van der Waals surface area contributed by atoms with Crippen molar-refractivity contribution in [2.75, 3.05) is 13.7 Å². The fourth-order valence-corrected chi connectivity index (χ4v) is 2.36. The summed E-state index contributed by atoms with van der Waals surface area (Å²) in [7, 11) is 1.81. The second kappa shape index (κ2) is 4.63. The van der Waals surface area contributed by atoms with E-state index in [1.54, 1.807) is 0 Å². The maximum atomic E-state index is 5.29. The molecule has 2 aliphatic carbocycles. The highest BCUT2D eigenvalue weighted by molar-refractivity contribution is 4.92. The molecule has 2 aliphatic rings. The molecule has 0 aromatic carbocycles. The molecule has 2 unspecified atom stereocenters. The molecule has 0 aromatic heterocycles. The molecule has 1 N–H and O–H groups in total. The Hall–Kier alpha value is -0.0800. The van der Waals surface area contributed by atoms with E-state index >= 15 is 0 Å². The first-order chi connectivity index (χ1) is 6.85. The van der Waals surface area contributed by atoms with Crippen molar-refractivity contribution < 1.29 is 4.74 Å². The monoisotopic (exact) mass is 197 g/mol. The summed E-state index contributed by atoms with van der Waals surface area (Å²) < 4.78 is 5.29. The van der Waals surface area contributed by atoms with Gasteiger partial charge in [-0.15, -0.1) is 0 Å². The standard InChI is InChI=1S/C12H23NO/c1-3-11(9-4-5-9)13-12(8-14-2)10-6-7-10/h9-13H,3-8H2,1-2H3. The summed E-state index contributed by atoms with van der Waals surface area (Å²) in [4.78, 5) is 0. The van der Waals surface area contributed by atoms with Gasteiger partial charge in [0.15, 0.2) is 0 Å². The van der Waals surface area contributed by atoms with Gasteiger partial charge in [-0.2, -0.15) is 0 Å². The molecule has 2 saturated carbocycles. The number of methoxy groups -OCH3 is 1. The van der Waals surface area contributed by atoms with Gasteiger partial charge in [-0.25, -0.2) is 0 Å². The van der Waals surface area contributed by atoms with E-state index < -0.39 is 0 Å². The lowest BCUT2D eigenvalue weighted by Gasteiger charge is -2.24. The minimum atomic E-state index is 0.630. The summed E-state index contributed by atoms with van der Waals surface area (Å²) in [6, 6.07) is 1.39. The van der Waals surface area contributed by atoms with Gasteiger partial charge in [0.2, 0.25) is 0 Å². The quantitative estimate of drug-likeness (QED) is 0.675. The van der Waals surface area contributed by atoms with Gasteiger partial charge in [0, 0.05) is 19.2 Å². The Kier molecular flexibility index (Phi) is 3.45. The first kappa shape index (κ1) is 10.4. The molecule has 0 radical (unpaired) electrons. The van der Waals surface area contributed by atoms with Crippen LogP contribution in [0.15, 0.2) is 0 Å². The van der Waals surface area contributed by atoms with Crippen LogP contribution in [-0.4, -0.2) is 25.8 Å². The largest absolute Gasteiger partial charge is 0.383 e. The molecule has 82 valence electrons. The van der Waals surface area contributed by atoms with Crippen molar-refractivity contribution in [1.82, 2.24) is 5.32 Å². The molecule has 0 heterocycles. The van der Waals surface area contributed by atoms with Crippen LogP contribution >= 0.6 is 0 Å². The lowest BCUT2D eigenvalue weighted by molar-refractivity contribution is 0.148. The number of rotatable bonds is 7. The third kappa shape index (κ3) is 2.71. The molecule has 2 atom stereocenters. The maximum Gasteiger partial charge on any atom is 0.0618 e. The molecule has 2 heteroatoms. The van der Waals surface area contributed by atoms with Crippen LogP contribution in [0.4, 0.5) is 0 Å². The molecule has 0 bridgehead atoms. The van der Waals surface area contributed by atoms with E-state index in [4.69, 9.17) is 4.74 Å². The van der Waals surface area contributed by atoms with Gasteiger partial charge in [-0.3, -0.25) is 0 Å². The van der Waals surface area contributed by atoms with Crippen molar-refractivity contribution in [3.8, 4) is 0 Å². The van der Waals surface area contributed by atoms with Crippen molar-refractivity contribution in [2.45, 2.75) is 51.1 Å². The van der Waals surface area contributed by atoms with E-state index in [0.29, 0.717) is 6.04 Å². The van der Waals surface area contributed by atoms with E-state index in [1.165, 1.54) is 32.1 Å². The zero-order valence-electron chi connectivity index (χ0n) is 9.46. The summed E-state index contributed by atoms with van der Waals surface area (Å²) in [5.41, 5.74) is 0. The fourth-order valence-electron chi connectivity index (χ4n) is 2.36. The van der Waals surface area contributed by atoms with E-state index in [9.17, 15) is 0 Å². The summed E-state index contributed by atoms with van der Waals surface area (Å²) in [6.07, 6.45) is 6.97. The lowest BCUT2D eigenvalue weighted by Crippen LogP contribution is -2.43. The van der Waals surface area contributed by atoms with E-state index in [-0.39, 0.29) is 0 Å². The molecular weight excluding hydrogens is 174 g/mol. The fraction of sp³-hybridized carbons (Fsp3) is 1.00. The Morgan fingerprint density at radius 2 is 1.71 bits per heavy atom. The average Bonchev–Trinajstić information content (AvgIpc) is 3.05. The third-order valence-electron chi connectivity index (χ3n) is 3.60. The first-order valence-electron chi connectivity index (χ1n) is 6.10. The molecule has 2 fully saturated rings. The van der Waals surface area contributed by atoms with Gasteiger partial charge in [0.25, 0.3) is 0 Å². The number of hydrogen-bond acceptors (Lipinski definition) is 2. The Bertz CT molecular complexity index is 175. The van der Waals surface area contributed by atoms with Crippen molar-refractivity contribution in [1.29, 1.82) is 0 Å². The topological polar surface area (TPSA) is 21.3 Å². The predicted octanol–water partition coefficient (Wildman–Crippen LogP) is 2.19. The number of nitrogens with one attached hydrogen (secondary N) is 1. The summed E-state index contributed by atoms with van der Waals surface area (Å²) in [6.45, 7) is 3.20. The second-order valence-corrected chi connectivity index (χ2v) is 4.92. The highest BCUT2D eigenvalue weighted by Gasteiger charge is 2.36. The average molecular weight is 197 g/mol. The van der Waals surface area contributed by atoms with Crippen molar-refractivity contribution in [3.05, 3.63) is 0 Å². The normalized spacial score (nSPS) is 26.1. The van der Waals surface area contributed by atoms with Crippen molar-refractivity contribution in [3.63, 3.8) is 0 Å². The Morgan fingerprint density at radius 3 is 2.14 bits per heavy atom. The van der Waals surface area contributed by atoms with E-state index in [2.05, 4.69) is 12.2 Å². The minimum absolute atomic E-state index is 0.630. The predicted molar refractivity (Wildman–Crippen MR) is 58.3 cm³/mol. The summed E-state index contributed by atoms with van der Waals surface area (Å²) in [5.74, 6) is 1.88. The molecule has 0 spiro atoms. The van der Waals surface area contributed by atoms with Gasteiger partial charge >= 0.3 is 0 Å². The highest BCUT2D eigenvalue weighted by atomic mass is 16.5. The van der Waals surface area contributed by atoms with Crippen LogP contribution in [0.3, 0.4) is 0 Å². The SMILES string of the molecule is CCC(NC(COC)C1CC1)C1CC1. The molecule has 0 amide bonds.